The van der Waals surface area contributed by atoms with Crippen molar-refractivity contribution < 1.29 is 18.1 Å². The summed E-state index contributed by atoms with van der Waals surface area (Å²) >= 11 is 0. The maximum Gasteiger partial charge on any atom is 0.271 e. The van der Waals surface area contributed by atoms with Gasteiger partial charge in [0.15, 0.2) is 0 Å². The van der Waals surface area contributed by atoms with Gasteiger partial charge in [-0.2, -0.15) is 0 Å². The van der Waals surface area contributed by atoms with E-state index in [9.17, 15) is 23.3 Å². The third kappa shape index (κ3) is 5.07. The van der Waals surface area contributed by atoms with Crippen LogP contribution in [0, 0.1) is 10.1 Å². The van der Waals surface area contributed by atoms with Crippen molar-refractivity contribution in [2.45, 2.75) is 25.9 Å². The first-order chi connectivity index (χ1) is 13.1. The third-order valence-corrected chi connectivity index (χ3v) is 5.43. The Morgan fingerprint density at radius 3 is 2.32 bits per heavy atom. The van der Waals surface area contributed by atoms with Gasteiger partial charge in [0.1, 0.15) is 6.04 Å². The molecule has 0 aromatic heterocycles. The summed E-state index contributed by atoms with van der Waals surface area (Å²) in [5.74, 6) is -0.386. The molecular weight excluding hydrogens is 382 g/mol. The lowest BCUT2D eigenvalue weighted by molar-refractivity contribution is -0.384. The normalized spacial score (nSPS) is 12.2. The van der Waals surface area contributed by atoms with Crippen LogP contribution in [0.5, 0.6) is 0 Å². The van der Waals surface area contributed by atoms with E-state index in [-0.39, 0.29) is 23.7 Å². The van der Waals surface area contributed by atoms with Crippen LogP contribution in [-0.4, -0.2) is 43.5 Å². The van der Waals surface area contributed by atoms with Crippen molar-refractivity contribution in [2.24, 2.45) is 0 Å². The van der Waals surface area contributed by atoms with E-state index in [2.05, 4.69) is 0 Å². The van der Waals surface area contributed by atoms with Crippen LogP contribution in [0.4, 0.5) is 11.4 Å². The van der Waals surface area contributed by atoms with Crippen LogP contribution < -0.4 is 4.31 Å². The molecule has 8 nitrogen and oxygen atoms in total. The van der Waals surface area contributed by atoms with Gasteiger partial charge in [-0.25, -0.2) is 8.42 Å². The molecule has 0 aliphatic carbocycles. The first-order valence-electron chi connectivity index (χ1n) is 8.68. The van der Waals surface area contributed by atoms with E-state index < -0.39 is 21.0 Å². The fraction of sp³-hybridized carbons (Fsp3) is 0.316. The van der Waals surface area contributed by atoms with E-state index in [4.69, 9.17) is 0 Å². The lowest BCUT2D eigenvalue weighted by Crippen LogP contribution is -2.49. The molecule has 1 atom stereocenters. The minimum absolute atomic E-state index is 0.0880. The van der Waals surface area contributed by atoms with Crippen LogP contribution >= 0.6 is 0 Å². The summed E-state index contributed by atoms with van der Waals surface area (Å²) in [5.41, 5.74) is 0.755. The maximum atomic E-state index is 13.0. The van der Waals surface area contributed by atoms with Gasteiger partial charge >= 0.3 is 0 Å². The summed E-state index contributed by atoms with van der Waals surface area (Å²) in [4.78, 5) is 25.0. The Balaban J connectivity index is 2.39. The lowest BCUT2D eigenvalue weighted by atomic mass is 10.1. The molecule has 0 spiro atoms. The summed E-state index contributed by atoms with van der Waals surface area (Å²) < 4.78 is 25.9. The quantitative estimate of drug-likeness (QED) is 0.496. The highest BCUT2D eigenvalue weighted by molar-refractivity contribution is 7.92. The number of amides is 1. The van der Waals surface area contributed by atoms with Gasteiger partial charge in [0.25, 0.3) is 5.69 Å². The van der Waals surface area contributed by atoms with Gasteiger partial charge in [0.05, 0.1) is 16.9 Å². The number of sulfonamides is 1. The molecule has 0 saturated heterocycles. The largest absolute Gasteiger partial charge is 0.340 e. The number of nitro benzene ring substituents is 1. The number of non-ortho nitro benzene ring substituents is 1. The molecule has 2 aromatic carbocycles. The monoisotopic (exact) mass is 405 g/mol. The second-order valence-corrected chi connectivity index (χ2v) is 8.30. The van der Waals surface area contributed by atoms with Crippen molar-refractivity contribution in [2.75, 3.05) is 17.6 Å². The molecule has 0 heterocycles. The zero-order valence-corrected chi connectivity index (χ0v) is 16.8. The molecular formula is C19H23N3O5S. The highest BCUT2D eigenvalue weighted by Gasteiger charge is 2.33. The van der Waals surface area contributed by atoms with Crippen LogP contribution in [0.2, 0.25) is 0 Å². The van der Waals surface area contributed by atoms with E-state index in [1.165, 1.54) is 23.1 Å². The molecule has 28 heavy (non-hydrogen) atoms. The Bertz CT molecular complexity index is 947. The Kier molecular flexibility index (Phi) is 6.74. The average Bonchev–Trinajstić information content (AvgIpc) is 2.65. The Morgan fingerprint density at radius 1 is 1.14 bits per heavy atom. The van der Waals surface area contributed by atoms with Crippen molar-refractivity contribution in [1.82, 2.24) is 4.90 Å². The topological polar surface area (TPSA) is 101 Å². The van der Waals surface area contributed by atoms with Crippen LogP contribution in [0.3, 0.4) is 0 Å². The molecule has 2 rings (SSSR count). The number of anilines is 1. The molecule has 1 amide bonds. The zero-order valence-electron chi connectivity index (χ0n) is 16.0. The highest BCUT2D eigenvalue weighted by atomic mass is 32.2. The van der Waals surface area contributed by atoms with E-state index in [1.54, 1.807) is 14.0 Å². The van der Waals surface area contributed by atoms with Crippen LogP contribution in [0.15, 0.2) is 54.6 Å². The standard InChI is InChI=1S/C19H23N3O5S/c1-4-18(19(23)20(2)14-15-9-6-5-7-10-15)21(28(3,26)27)16-11-8-12-17(13-16)22(24)25/h5-13,18H,4,14H2,1-3H3/t18-/m0/s1. The number of hydrogen-bond acceptors (Lipinski definition) is 5. The number of rotatable bonds is 8. The molecule has 0 aliphatic heterocycles. The maximum absolute atomic E-state index is 13.0. The van der Waals surface area contributed by atoms with Gasteiger partial charge in [0.2, 0.25) is 15.9 Å². The van der Waals surface area contributed by atoms with E-state index >= 15 is 0 Å². The predicted octanol–water partition coefficient (Wildman–Crippen LogP) is 2.80. The average molecular weight is 405 g/mol. The summed E-state index contributed by atoms with van der Waals surface area (Å²) in [7, 11) is -2.26. The Labute approximate surface area is 164 Å². The molecule has 0 radical (unpaired) electrons. The van der Waals surface area contributed by atoms with Crippen molar-refractivity contribution in [3.8, 4) is 0 Å². The Hall–Kier alpha value is -2.94. The smallest absolute Gasteiger partial charge is 0.271 e. The van der Waals surface area contributed by atoms with Crippen molar-refractivity contribution in [3.63, 3.8) is 0 Å². The zero-order chi connectivity index (χ0) is 20.9. The first kappa shape index (κ1) is 21.4. The van der Waals surface area contributed by atoms with Crippen molar-refractivity contribution in [1.29, 1.82) is 0 Å². The van der Waals surface area contributed by atoms with Gasteiger partial charge in [0, 0.05) is 25.7 Å². The van der Waals surface area contributed by atoms with Gasteiger partial charge in [-0.1, -0.05) is 43.3 Å². The second kappa shape index (κ2) is 8.83. The molecule has 150 valence electrons. The van der Waals surface area contributed by atoms with Crippen molar-refractivity contribution >= 4 is 27.3 Å². The van der Waals surface area contributed by atoms with Gasteiger partial charge in [-0.05, 0) is 18.1 Å². The summed E-state index contributed by atoms with van der Waals surface area (Å²) in [6.45, 7) is 2.02. The van der Waals surface area contributed by atoms with Crippen molar-refractivity contribution in [3.05, 3.63) is 70.3 Å². The highest BCUT2D eigenvalue weighted by Crippen LogP contribution is 2.27. The molecule has 0 fully saturated rings. The van der Waals surface area contributed by atoms with Crippen LogP contribution in [0.25, 0.3) is 0 Å². The minimum atomic E-state index is -3.86. The number of carbonyl (C=O) groups is 1. The molecule has 9 heteroatoms. The third-order valence-electron chi connectivity index (χ3n) is 4.25. The molecule has 0 aliphatic rings. The summed E-state index contributed by atoms with van der Waals surface area (Å²) in [6.07, 6.45) is 1.20. The minimum Gasteiger partial charge on any atom is -0.340 e. The summed E-state index contributed by atoms with van der Waals surface area (Å²) in [5, 5.41) is 11.1. The van der Waals surface area contributed by atoms with Gasteiger partial charge in [-0.15, -0.1) is 0 Å². The summed E-state index contributed by atoms with van der Waals surface area (Å²) in [6, 6.07) is 13.6. The molecule has 0 saturated carbocycles. The fourth-order valence-corrected chi connectivity index (χ4v) is 4.17. The van der Waals surface area contributed by atoms with Crippen LogP contribution in [-0.2, 0) is 21.4 Å². The first-order valence-corrected chi connectivity index (χ1v) is 10.5. The Morgan fingerprint density at radius 2 is 1.79 bits per heavy atom. The lowest BCUT2D eigenvalue weighted by Gasteiger charge is -2.32. The molecule has 0 bridgehead atoms. The van der Waals surface area contributed by atoms with Crippen LogP contribution in [0.1, 0.15) is 18.9 Å². The SMILES string of the molecule is CC[C@@H](C(=O)N(C)Cc1ccccc1)N(c1cccc([N+](=O)[O-])c1)S(C)(=O)=O. The number of nitro groups is 1. The number of nitrogens with zero attached hydrogens (tertiary/aromatic N) is 3. The van der Waals surface area contributed by atoms with E-state index in [0.717, 1.165) is 22.2 Å². The number of benzene rings is 2. The number of hydrogen-bond donors (Lipinski definition) is 0. The van der Waals surface area contributed by atoms with E-state index in [1.807, 2.05) is 30.3 Å². The molecule has 0 unspecified atom stereocenters. The van der Waals surface area contributed by atoms with E-state index in [0.29, 0.717) is 6.54 Å². The fourth-order valence-electron chi connectivity index (χ4n) is 2.98. The predicted molar refractivity (Wildman–Crippen MR) is 107 cm³/mol. The number of likely N-dealkylation sites (N-methyl/N-ethyl adjacent to an activating group) is 1. The van der Waals surface area contributed by atoms with Gasteiger partial charge in [-0.3, -0.25) is 19.2 Å². The van der Waals surface area contributed by atoms with Gasteiger partial charge < -0.3 is 4.90 Å². The second-order valence-electron chi connectivity index (χ2n) is 6.44. The molecule has 2 aromatic rings. The number of carbonyl (C=O) groups excluding carboxylic acids is 1. The molecule has 0 N–H and O–H groups in total.